The van der Waals surface area contributed by atoms with Crippen molar-refractivity contribution in [2.75, 3.05) is 124 Å². The zero-order valence-corrected chi connectivity index (χ0v) is 88.4. The molecule has 31 nitrogen and oxygen atoms in total. The van der Waals surface area contributed by atoms with Crippen LogP contribution in [0.5, 0.6) is 0 Å². The zero-order valence-electron chi connectivity index (χ0n) is 82.1. The third kappa shape index (κ3) is 25.5. The standard InChI is InChI=1S/C20H24F4N6S.2C20H25F3N6S.C19H24Cl2N6S.C19H26ClN7S/c1-18(21)9-13(25)19(11-18)4-7-30(8-5-19)14-10-28-17(16(26)29-14)31-12-3-2-6-27-15(12)20(22,23)24;2*1-12-9-14(24)19(10-12)4-7-29(8-5-19)15-11-27-18(17(25)28-15)30-13-3-2-6-26-16(13)20(21,22)23;1-11-8-13(22)19(9-11)3-6-27(7-4-19)14-10-25-18(17(23)26-14)28-12-2-5-24-16(21)15(12)20;1-11-8-13(21)19(9-11)3-6-27(7-4-19)14-10-25-18(17(23)26-14)28-12-2-5-24-16(22)15(12)20/h2-3,6,10,13H,4-5,7-9,11,25H2,1H3,(H2,26,29);2*2-3,6,11-12,14H,4-5,7-10,24H2,1H3,(H2,25,28);2,5,10-11,13H,3-4,6-9,22H2,1H3,(H2,23,26);2,5,10-11,13H,3-4,6-9,21H2,1H3,(H2,22,24)(H2,23,26)/t;12-,14+;12-,14-;2*11-,13-/m.0011/s1. The van der Waals surface area contributed by atoms with Gasteiger partial charge in [-0.05, 0) is 235 Å². The first-order valence-corrected chi connectivity index (χ1v) is 54.3. The number of hydrogen-bond acceptors (Lipinski definition) is 36. The molecule has 10 aromatic heterocycles. The van der Waals surface area contributed by atoms with E-state index in [0.29, 0.717) is 110 Å². The van der Waals surface area contributed by atoms with Crippen LogP contribution in [0.15, 0.2) is 160 Å². The van der Waals surface area contributed by atoms with Gasteiger partial charge in [0.1, 0.15) is 70.9 Å². The Morgan fingerprint density at radius 1 is 0.306 bits per heavy atom. The van der Waals surface area contributed by atoms with Gasteiger partial charge in [0.25, 0.3) is 0 Å². The summed E-state index contributed by atoms with van der Waals surface area (Å²) in [5, 5.41) is 2.92. The van der Waals surface area contributed by atoms with E-state index in [2.05, 4.69) is 122 Å². The molecule has 5 aliphatic carbocycles. The highest BCUT2D eigenvalue weighted by Gasteiger charge is 2.55. The predicted octanol–water partition coefficient (Wildman–Crippen LogP) is 19.4. The fourth-order valence-corrected chi connectivity index (χ4v) is 28.3. The molecule has 22 N–H and O–H groups in total. The molecule has 20 rings (SSSR count). The summed E-state index contributed by atoms with van der Waals surface area (Å²) in [5.41, 5.74) is 65.0. The van der Waals surface area contributed by atoms with Crippen molar-refractivity contribution in [3.8, 4) is 0 Å². The first-order valence-electron chi connectivity index (χ1n) is 49.1. The molecule has 10 aromatic rings. The van der Waals surface area contributed by atoms with Crippen molar-refractivity contribution in [2.45, 2.75) is 267 Å². The van der Waals surface area contributed by atoms with E-state index in [9.17, 15) is 43.9 Å². The SMILES string of the molecule is CC1(F)CC(N)C2(CCN(c3cnc(Sc4cccnc4C(F)(F)F)c(N)n3)CC2)C1.C[C@@H]1C[C@@H](N)C2(CCN(c3cnc(Sc4ccnc(Cl)c4Cl)c(N)n3)CC2)C1.C[C@@H]1C[C@@H](N)C2(CCN(c3cnc(Sc4ccnc(N)c4Cl)c(N)n3)CC2)C1.C[C@H]1C[C@@H](N)C2(CCN(c3cnc(Sc4cccnc4C(F)(F)F)c(N)n3)CC2)C1.C[C@H]1C[C@H](N)C2(CCN(c3cnc(Sc4cccnc4C(F)(F)F)c(N)n3)CC2)C1. The van der Waals surface area contributed by atoms with Gasteiger partial charge in [-0.2, -0.15) is 39.5 Å². The topological polar surface area (TPSA) is 496 Å². The molecule has 10 aliphatic rings. The minimum absolute atomic E-state index is 0.0497. The number of anilines is 11. The van der Waals surface area contributed by atoms with E-state index in [1.165, 1.54) is 79.0 Å². The number of hydrogen-bond donors (Lipinski definition) is 11. The summed E-state index contributed by atoms with van der Waals surface area (Å²) in [6, 6.07) is 12.9. The lowest BCUT2D eigenvalue weighted by atomic mass is 9.74. The van der Waals surface area contributed by atoms with E-state index >= 15 is 0 Å². The Morgan fingerprint density at radius 3 is 0.782 bits per heavy atom. The van der Waals surface area contributed by atoms with E-state index in [4.69, 9.17) is 97.9 Å². The van der Waals surface area contributed by atoms with Gasteiger partial charge in [-0.25, -0.2) is 64.2 Å². The van der Waals surface area contributed by atoms with E-state index in [-0.39, 0.29) is 92.6 Å². The van der Waals surface area contributed by atoms with Crippen LogP contribution in [0.3, 0.4) is 0 Å². The van der Waals surface area contributed by atoms with Crippen molar-refractivity contribution >= 4 is 158 Å². The minimum atomic E-state index is -4.58. The van der Waals surface area contributed by atoms with Crippen LogP contribution in [0, 0.1) is 50.7 Å². The summed E-state index contributed by atoms with van der Waals surface area (Å²) >= 11 is 23.5. The van der Waals surface area contributed by atoms with E-state index in [0.717, 1.165) is 242 Å². The second kappa shape index (κ2) is 45.3. The predicted molar refractivity (Wildman–Crippen MR) is 560 cm³/mol. The smallest absolute Gasteiger partial charge is 0.382 e. The van der Waals surface area contributed by atoms with Gasteiger partial charge in [0.2, 0.25) is 0 Å². The summed E-state index contributed by atoms with van der Waals surface area (Å²) in [5.74, 6) is 7.58. The summed E-state index contributed by atoms with van der Waals surface area (Å²) in [4.78, 5) is 74.7. The van der Waals surface area contributed by atoms with Crippen molar-refractivity contribution in [3.63, 3.8) is 0 Å². The Hall–Kier alpha value is -9.33. The lowest BCUT2D eigenvalue weighted by Crippen LogP contribution is -2.47. The van der Waals surface area contributed by atoms with Gasteiger partial charge in [0.05, 0.1) is 41.0 Å². The zero-order chi connectivity index (χ0) is 105. The maximum Gasteiger partial charge on any atom is 0.434 e. The van der Waals surface area contributed by atoms with Crippen LogP contribution >= 0.6 is 93.6 Å². The molecule has 0 aromatic carbocycles. The van der Waals surface area contributed by atoms with Crippen LogP contribution in [-0.4, -0.2) is 176 Å². The molecule has 5 saturated heterocycles. The Balaban J connectivity index is 0.000000131. The molecule has 0 bridgehead atoms. The van der Waals surface area contributed by atoms with Crippen LogP contribution in [0.2, 0.25) is 15.2 Å². The molecule has 0 amide bonds. The van der Waals surface area contributed by atoms with Gasteiger partial charge < -0.3 is 87.6 Å². The molecule has 10 fully saturated rings. The fourth-order valence-electron chi connectivity index (χ4n) is 23.5. The van der Waals surface area contributed by atoms with Gasteiger partial charge in [0, 0.05) is 151 Å². The summed E-state index contributed by atoms with van der Waals surface area (Å²) in [7, 11) is 0. The molecule has 15 heterocycles. The largest absolute Gasteiger partial charge is 0.434 e. The number of alkyl halides is 10. The molecule has 5 spiro atoms. The van der Waals surface area contributed by atoms with Crippen LogP contribution in [0.4, 0.5) is 108 Å². The van der Waals surface area contributed by atoms with Crippen molar-refractivity contribution in [2.24, 2.45) is 79.4 Å². The van der Waals surface area contributed by atoms with Gasteiger partial charge in [0.15, 0.2) is 46.2 Å². The van der Waals surface area contributed by atoms with Gasteiger partial charge in [-0.3, -0.25) is 15.0 Å². The molecular weight excluding hydrogens is 2070 g/mol. The molecule has 147 heavy (non-hydrogen) atoms. The van der Waals surface area contributed by atoms with Crippen LogP contribution in [-0.2, 0) is 18.5 Å². The lowest BCUT2D eigenvalue weighted by molar-refractivity contribution is -0.144. The Kier molecular flexibility index (Phi) is 34.0. The highest BCUT2D eigenvalue weighted by molar-refractivity contribution is 8.00. The van der Waals surface area contributed by atoms with Crippen LogP contribution < -0.4 is 87.6 Å². The average Bonchev–Trinajstić information content (AvgIpc) is 1.50. The average molecular weight is 2190 g/mol. The number of piperidine rings is 5. The second-order valence-electron chi connectivity index (χ2n) is 41.3. The van der Waals surface area contributed by atoms with Crippen LogP contribution in [0.25, 0.3) is 0 Å². The number of nitrogens with zero attached hydrogens (tertiary/aromatic N) is 20. The van der Waals surface area contributed by atoms with E-state index in [1.807, 2.05) is 4.90 Å². The number of nitrogen functional groups attached to an aromatic ring is 6. The second-order valence-corrected chi connectivity index (χ2v) is 47.6. The third-order valence-corrected chi connectivity index (χ3v) is 37.7. The molecule has 792 valence electrons. The van der Waals surface area contributed by atoms with Crippen LogP contribution in [0.1, 0.15) is 180 Å². The number of rotatable bonds is 15. The quantitative estimate of drug-likeness (QED) is 0.0335. The Labute approximate surface area is 883 Å². The van der Waals surface area contributed by atoms with Crippen molar-refractivity contribution in [1.29, 1.82) is 0 Å². The number of aromatic nitrogens is 15. The Bertz CT molecular complexity index is 5960. The summed E-state index contributed by atoms with van der Waals surface area (Å²) < 4.78 is 133. The minimum Gasteiger partial charge on any atom is -0.382 e. The number of nitrogens with two attached hydrogens (primary N) is 11. The van der Waals surface area contributed by atoms with Crippen molar-refractivity contribution < 1.29 is 43.9 Å². The summed E-state index contributed by atoms with van der Waals surface area (Å²) in [6.45, 7) is 19.1. The van der Waals surface area contributed by atoms with Gasteiger partial charge in [-0.15, -0.1) is 0 Å². The molecular formula is C98H124Cl3F10N31S5. The number of pyridine rings is 5. The van der Waals surface area contributed by atoms with Gasteiger partial charge >= 0.3 is 18.5 Å². The normalized spacial score (nSPS) is 24.3. The molecule has 0 radical (unpaired) electrons. The number of halogens is 13. The van der Waals surface area contributed by atoms with E-state index < -0.39 is 41.3 Å². The molecule has 5 aliphatic heterocycles. The molecule has 2 unspecified atom stereocenters. The third-order valence-electron chi connectivity index (χ3n) is 31.0. The highest BCUT2D eigenvalue weighted by Crippen LogP contribution is 2.57. The van der Waals surface area contributed by atoms with Crippen molar-refractivity contribution in [3.05, 3.63) is 143 Å². The first kappa shape index (κ1) is 110. The summed E-state index contributed by atoms with van der Waals surface area (Å²) in [6.07, 6.45) is 21.1. The maximum absolute atomic E-state index is 14.5. The molecule has 5 saturated carbocycles. The van der Waals surface area contributed by atoms with Crippen molar-refractivity contribution in [1.82, 2.24) is 74.8 Å². The lowest BCUT2D eigenvalue weighted by Gasteiger charge is -2.42. The maximum atomic E-state index is 14.5. The first-order chi connectivity index (χ1) is 69.6. The van der Waals surface area contributed by atoms with Gasteiger partial charge in [-0.1, -0.05) is 121 Å². The highest BCUT2D eigenvalue weighted by atomic mass is 35.5. The fraction of sp³-hybridized carbons (Fsp3) is 0.541. The Morgan fingerprint density at radius 2 is 0.551 bits per heavy atom. The molecule has 49 heteroatoms. The monoisotopic (exact) mass is 2190 g/mol. The van der Waals surface area contributed by atoms with E-state index in [1.54, 1.807) is 56.2 Å². The molecule has 10 atom stereocenters.